The van der Waals surface area contributed by atoms with Crippen LogP contribution >= 0.6 is 11.3 Å². The summed E-state index contributed by atoms with van der Waals surface area (Å²) in [6.45, 7) is 0.495. The van der Waals surface area contributed by atoms with Crippen LogP contribution in [0.2, 0.25) is 0 Å². The van der Waals surface area contributed by atoms with Gasteiger partial charge in [0.05, 0.1) is 28.6 Å². The van der Waals surface area contributed by atoms with E-state index in [-0.39, 0.29) is 12.5 Å². The topological polar surface area (TPSA) is 67.2 Å². The molecule has 5 nitrogen and oxygen atoms in total. The summed E-state index contributed by atoms with van der Waals surface area (Å²) in [6.07, 6.45) is 2.14. The number of hydrogen-bond donors (Lipinski definition) is 2. The average Bonchev–Trinajstić information content (AvgIpc) is 3.06. The summed E-state index contributed by atoms with van der Waals surface area (Å²) in [5.74, 6) is 5.63. The minimum Gasteiger partial charge on any atom is -0.395 e. The SMILES string of the molecule is Cn1nccc1CNC(=O)c1ccc(C#CCCO)s1. The van der Waals surface area contributed by atoms with E-state index in [2.05, 4.69) is 22.3 Å². The minimum atomic E-state index is -0.119. The van der Waals surface area contributed by atoms with E-state index in [0.29, 0.717) is 17.8 Å². The van der Waals surface area contributed by atoms with Crippen molar-refractivity contribution in [1.82, 2.24) is 15.1 Å². The molecule has 0 saturated heterocycles. The number of nitrogens with zero attached hydrogens (tertiary/aromatic N) is 2. The number of rotatable bonds is 4. The smallest absolute Gasteiger partial charge is 0.261 e. The predicted octanol–water partition coefficient (Wildman–Crippen LogP) is 1.15. The van der Waals surface area contributed by atoms with Crippen LogP contribution in [0.3, 0.4) is 0 Å². The molecule has 1 amide bonds. The second-order valence-corrected chi connectivity index (χ2v) is 5.15. The van der Waals surface area contributed by atoms with Gasteiger partial charge in [0.1, 0.15) is 0 Å². The molecule has 0 atom stereocenters. The monoisotopic (exact) mass is 289 g/mol. The van der Waals surface area contributed by atoms with Gasteiger partial charge in [-0.2, -0.15) is 5.10 Å². The molecule has 2 aromatic heterocycles. The van der Waals surface area contributed by atoms with Crippen LogP contribution < -0.4 is 5.32 Å². The number of carbonyl (C=O) groups is 1. The molecule has 0 aliphatic rings. The number of aryl methyl sites for hydroxylation is 1. The summed E-state index contributed by atoms with van der Waals surface area (Å²) < 4.78 is 1.72. The Balaban J connectivity index is 1.93. The fourth-order valence-corrected chi connectivity index (χ4v) is 2.36. The Kier molecular flexibility index (Phi) is 4.93. The van der Waals surface area contributed by atoms with Crippen LogP contribution in [-0.2, 0) is 13.6 Å². The predicted molar refractivity (Wildman–Crippen MR) is 77.3 cm³/mol. The molecule has 0 radical (unpaired) electrons. The van der Waals surface area contributed by atoms with Crippen LogP contribution in [0, 0.1) is 11.8 Å². The quantitative estimate of drug-likeness (QED) is 0.830. The highest BCUT2D eigenvalue weighted by Gasteiger charge is 2.09. The van der Waals surface area contributed by atoms with Crippen LogP contribution in [0.15, 0.2) is 24.4 Å². The van der Waals surface area contributed by atoms with E-state index in [1.807, 2.05) is 19.2 Å². The van der Waals surface area contributed by atoms with Crippen molar-refractivity contribution in [3.63, 3.8) is 0 Å². The van der Waals surface area contributed by atoms with Gasteiger partial charge in [0.25, 0.3) is 5.91 Å². The lowest BCUT2D eigenvalue weighted by atomic mass is 10.3. The van der Waals surface area contributed by atoms with Crippen LogP contribution in [0.1, 0.15) is 26.7 Å². The van der Waals surface area contributed by atoms with Gasteiger partial charge in [0, 0.05) is 19.7 Å². The molecule has 104 valence electrons. The fraction of sp³-hybridized carbons (Fsp3) is 0.286. The van der Waals surface area contributed by atoms with E-state index in [4.69, 9.17) is 5.11 Å². The number of aliphatic hydroxyl groups excluding tert-OH is 1. The van der Waals surface area contributed by atoms with Crippen LogP contribution in [0.25, 0.3) is 0 Å². The first kappa shape index (κ1) is 14.3. The Morgan fingerprint density at radius 2 is 2.35 bits per heavy atom. The first-order valence-electron chi connectivity index (χ1n) is 6.15. The van der Waals surface area contributed by atoms with Gasteiger partial charge in [-0.05, 0) is 18.2 Å². The zero-order valence-electron chi connectivity index (χ0n) is 11.1. The van der Waals surface area contributed by atoms with Gasteiger partial charge in [-0.3, -0.25) is 9.48 Å². The molecular weight excluding hydrogens is 274 g/mol. The van der Waals surface area contributed by atoms with Crippen molar-refractivity contribution in [2.24, 2.45) is 7.05 Å². The summed E-state index contributed by atoms with van der Waals surface area (Å²) in [6, 6.07) is 5.43. The molecule has 2 rings (SSSR count). The standard InChI is InChI=1S/C14H15N3O2S/c1-17-11(7-8-16-17)10-15-14(19)13-6-5-12(20-13)4-2-3-9-18/h5-8,18H,3,9-10H2,1H3,(H,15,19). The molecule has 2 N–H and O–H groups in total. The lowest BCUT2D eigenvalue weighted by Crippen LogP contribution is -2.23. The maximum absolute atomic E-state index is 12.0. The summed E-state index contributed by atoms with van der Waals surface area (Å²) >= 11 is 1.34. The summed E-state index contributed by atoms with van der Waals surface area (Å²) in [4.78, 5) is 13.4. The lowest BCUT2D eigenvalue weighted by molar-refractivity contribution is 0.0954. The van der Waals surface area contributed by atoms with Gasteiger partial charge in [-0.25, -0.2) is 0 Å². The largest absolute Gasteiger partial charge is 0.395 e. The highest BCUT2D eigenvalue weighted by atomic mass is 32.1. The number of hydrogen-bond acceptors (Lipinski definition) is 4. The highest BCUT2D eigenvalue weighted by Crippen LogP contribution is 2.15. The van der Waals surface area contributed by atoms with E-state index in [0.717, 1.165) is 10.6 Å². The fourth-order valence-electron chi connectivity index (χ4n) is 1.57. The number of thiophene rings is 1. The molecule has 0 unspecified atom stereocenters. The molecule has 0 fully saturated rings. The van der Waals surface area contributed by atoms with Crippen molar-refractivity contribution in [3.05, 3.63) is 39.8 Å². The molecule has 6 heteroatoms. The number of aromatic nitrogens is 2. The maximum Gasteiger partial charge on any atom is 0.261 e. The van der Waals surface area contributed by atoms with Gasteiger partial charge in [-0.1, -0.05) is 11.8 Å². The van der Waals surface area contributed by atoms with Gasteiger partial charge >= 0.3 is 0 Å². The highest BCUT2D eigenvalue weighted by molar-refractivity contribution is 7.14. The van der Waals surface area contributed by atoms with Crippen LogP contribution in [0.5, 0.6) is 0 Å². The van der Waals surface area contributed by atoms with Gasteiger partial charge in [0.15, 0.2) is 0 Å². The second-order valence-electron chi connectivity index (χ2n) is 4.07. The van der Waals surface area contributed by atoms with Gasteiger partial charge in [-0.15, -0.1) is 11.3 Å². The van der Waals surface area contributed by atoms with E-state index in [1.54, 1.807) is 16.9 Å². The van der Waals surface area contributed by atoms with Crippen molar-refractivity contribution >= 4 is 17.2 Å². The Labute approximate surface area is 121 Å². The Morgan fingerprint density at radius 1 is 1.50 bits per heavy atom. The van der Waals surface area contributed by atoms with Gasteiger partial charge in [0.2, 0.25) is 0 Å². The molecule has 0 saturated carbocycles. The van der Waals surface area contributed by atoms with Crippen molar-refractivity contribution in [1.29, 1.82) is 0 Å². The van der Waals surface area contributed by atoms with E-state index < -0.39 is 0 Å². The van der Waals surface area contributed by atoms with Crippen molar-refractivity contribution < 1.29 is 9.90 Å². The maximum atomic E-state index is 12.0. The molecule has 2 aromatic rings. The van der Waals surface area contributed by atoms with Crippen LogP contribution in [-0.4, -0.2) is 27.4 Å². The molecular formula is C14H15N3O2S. The number of amides is 1. The van der Waals surface area contributed by atoms with E-state index in [1.165, 1.54) is 11.3 Å². The second kappa shape index (κ2) is 6.89. The molecule has 0 aliphatic heterocycles. The average molecular weight is 289 g/mol. The van der Waals surface area contributed by atoms with Crippen molar-refractivity contribution in [3.8, 4) is 11.8 Å². The zero-order valence-corrected chi connectivity index (χ0v) is 11.9. The Bertz CT molecular complexity index is 649. The molecule has 20 heavy (non-hydrogen) atoms. The molecule has 0 aromatic carbocycles. The molecule has 0 bridgehead atoms. The summed E-state index contributed by atoms with van der Waals surface area (Å²) in [5.41, 5.74) is 0.942. The van der Waals surface area contributed by atoms with E-state index in [9.17, 15) is 4.79 Å². The first-order chi connectivity index (χ1) is 9.70. The van der Waals surface area contributed by atoms with Crippen LogP contribution in [0.4, 0.5) is 0 Å². The number of carbonyl (C=O) groups excluding carboxylic acids is 1. The first-order valence-corrected chi connectivity index (χ1v) is 6.97. The Morgan fingerprint density at radius 3 is 3.05 bits per heavy atom. The summed E-state index contributed by atoms with van der Waals surface area (Å²) in [7, 11) is 1.83. The number of aliphatic hydroxyl groups is 1. The minimum absolute atomic E-state index is 0.0520. The third kappa shape index (κ3) is 3.70. The third-order valence-electron chi connectivity index (χ3n) is 2.63. The summed E-state index contributed by atoms with van der Waals surface area (Å²) in [5, 5.41) is 15.5. The zero-order chi connectivity index (χ0) is 14.4. The van der Waals surface area contributed by atoms with Gasteiger partial charge < -0.3 is 10.4 Å². The lowest BCUT2D eigenvalue weighted by Gasteiger charge is -2.03. The molecule has 0 aliphatic carbocycles. The normalized spacial score (nSPS) is 9.90. The molecule has 0 spiro atoms. The third-order valence-corrected chi connectivity index (χ3v) is 3.63. The number of nitrogens with one attached hydrogen (secondary N) is 1. The van der Waals surface area contributed by atoms with Crippen molar-refractivity contribution in [2.75, 3.05) is 6.61 Å². The van der Waals surface area contributed by atoms with E-state index >= 15 is 0 Å². The Hall–Kier alpha value is -2.10. The molecule has 2 heterocycles. The van der Waals surface area contributed by atoms with Crippen molar-refractivity contribution in [2.45, 2.75) is 13.0 Å².